The number of hydrogen-bond acceptors (Lipinski definition) is 6. The highest BCUT2D eigenvalue weighted by Crippen LogP contribution is 2.32. The lowest BCUT2D eigenvalue weighted by molar-refractivity contribution is -0.192. The SMILES string of the molecule is CN(C)CCSc1cc(-c2cccc(C(F)(F)F)c2)nc(C#N)n1.O=C(O)C(F)(F)F. The van der Waals surface area contributed by atoms with Crippen LogP contribution in [0.5, 0.6) is 0 Å². The van der Waals surface area contributed by atoms with Crippen LogP contribution in [0.1, 0.15) is 11.4 Å². The first-order valence-corrected chi connectivity index (χ1v) is 9.27. The molecule has 0 aliphatic heterocycles. The number of carbonyl (C=O) groups is 1. The minimum absolute atomic E-state index is 0.0581. The van der Waals surface area contributed by atoms with E-state index in [9.17, 15) is 26.3 Å². The Morgan fingerprint density at radius 2 is 1.77 bits per heavy atom. The third-order valence-electron chi connectivity index (χ3n) is 3.32. The van der Waals surface area contributed by atoms with E-state index in [0.29, 0.717) is 16.3 Å². The van der Waals surface area contributed by atoms with Gasteiger partial charge in [0, 0.05) is 17.9 Å². The fourth-order valence-electron chi connectivity index (χ4n) is 1.88. The zero-order valence-electron chi connectivity index (χ0n) is 16.1. The number of benzene rings is 1. The molecule has 0 bridgehead atoms. The Morgan fingerprint density at radius 1 is 1.16 bits per heavy atom. The zero-order chi connectivity index (χ0) is 23.8. The normalized spacial score (nSPS) is 11.5. The first-order chi connectivity index (χ1) is 14.2. The molecule has 168 valence electrons. The smallest absolute Gasteiger partial charge is 0.475 e. The van der Waals surface area contributed by atoms with Crippen molar-refractivity contribution in [2.45, 2.75) is 17.4 Å². The molecule has 0 spiro atoms. The minimum atomic E-state index is -5.08. The number of alkyl halides is 6. The highest BCUT2D eigenvalue weighted by atomic mass is 32.2. The summed E-state index contributed by atoms with van der Waals surface area (Å²) in [5.74, 6) is -2.07. The molecule has 0 unspecified atom stereocenters. The molecule has 0 aliphatic carbocycles. The van der Waals surface area contributed by atoms with Crippen LogP contribution in [0.15, 0.2) is 35.4 Å². The molecule has 1 N–H and O–H groups in total. The van der Waals surface area contributed by atoms with Gasteiger partial charge in [-0.25, -0.2) is 14.8 Å². The monoisotopic (exact) mass is 466 g/mol. The Bertz CT molecular complexity index is 942. The quantitative estimate of drug-likeness (QED) is 0.399. The molecule has 13 heteroatoms. The summed E-state index contributed by atoms with van der Waals surface area (Å²) in [7, 11) is 3.88. The number of nitrogens with zero attached hydrogens (tertiary/aromatic N) is 4. The minimum Gasteiger partial charge on any atom is -0.475 e. The van der Waals surface area contributed by atoms with Crippen LogP contribution in [0.3, 0.4) is 0 Å². The molecule has 0 fully saturated rings. The van der Waals surface area contributed by atoms with Gasteiger partial charge in [0.05, 0.1) is 11.3 Å². The van der Waals surface area contributed by atoms with Crippen LogP contribution < -0.4 is 0 Å². The van der Waals surface area contributed by atoms with Gasteiger partial charge in [-0.05, 0) is 32.3 Å². The summed E-state index contributed by atoms with van der Waals surface area (Å²) in [5.41, 5.74) is -0.142. The molecule has 6 nitrogen and oxygen atoms in total. The molecule has 2 aromatic rings. The Morgan fingerprint density at radius 3 is 2.26 bits per heavy atom. The van der Waals surface area contributed by atoms with Crippen molar-refractivity contribution in [3.05, 3.63) is 41.7 Å². The first kappa shape index (κ1) is 26.2. The van der Waals surface area contributed by atoms with E-state index in [4.69, 9.17) is 15.2 Å². The molecule has 1 aromatic carbocycles. The second-order valence-corrected chi connectivity index (χ2v) is 7.18. The standard InChI is InChI=1S/C16H15F3N4S.C2HF3O2/c1-23(2)6-7-24-15-9-13(21-14(10-20)22-15)11-4-3-5-12(8-11)16(17,18)19;3-2(4,5)1(6)7/h3-5,8-9H,6-7H2,1-2H3;(H,6,7). The number of hydrogen-bond donors (Lipinski definition) is 1. The van der Waals surface area contributed by atoms with Crippen LogP contribution in [0, 0.1) is 11.3 Å². The van der Waals surface area contributed by atoms with Crippen molar-refractivity contribution in [1.82, 2.24) is 14.9 Å². The van der Waals surface area contributed by atoms with Crippen molar-refractivity contribution in [2.75, 3.05) is 26.4 Å². The second-order valence-electron chi connectivity index (χ2n) is 6.06. The number of carboxylic acids is 1. The molecular formula is C18H16F6N4O2S. The topological polar surface area (TPSA) is 90.1 Å². The lowest BCUT2D eigenvalue weighted by atomic mass is 10.1. The molecule has 0 atom stereocenters. The molecule has 0 aliphatic rings. The number of nitriles is 1. The summed E-state index contributed by atoms with van der Waals surface area (Å²) in [4.78, 5) is 19.0. The van der Waals surface area contributed by atoms with Crippen molar-refractivity contribution in [3.63, 3.8) is 0 Å². The van der Waals surface area contributed by atoms with Gasteiger partial charge >= 0.3 is 18.3 Å². The van der Waals surface area contributed by atoms with Crippen LogP contribution in [-0.4, -0.2) is 58.5 Å². The van der Waals surface area contributed by atoms with Crippen LogP contribution in [-0.2, 0) is 11.0 Å². The Labute approximate surface area is 177 Å². The number of thioether (sulfide) groups is 1. The molecule has 0 radical (unpaired) electrons. The molecule has 1 heterocycles. The van der Waals surface area contributed by atoms with E-state index in [-0.39, 0.29) is 5.82 Å². The highest BCUT2D eigenvalue weighted by molar-refractivity contribution is 7.99. The lowest BCUT2D eigenvalue weighted by Crippen LogP contribution is -2.21. The summed E-state index contributed by atoms with van der Waals surface area (Å²) in [6.07, 6.45) is -9.51. The molecule has 0 saturated carbocycles. The Hall–Kier alpha value is -2.85. The van der Waals surface area contributed by atoms with E-state index < -0.39 is 23.9 Å². The van der Waals surface area contributed by atoms with E-state index in [0.717, 1.165) is 24.4 Å². The van der Waals surface area contributed by atoms with Crippen LogP contribution in [0.4, 0.5) is 26.3 Å². The van der Waals surface area contributed by atoms with Crippen molar-refractivity contribution >= 4 is 17.7 Å². The van der Waals surface area contributed by atoms with E-state index in [2.05, 4.69) is 9.97 Å². The third-order valence-corrected chi connectivity index (χ3v) is 4.21. The summed E-state index contributed by atoms with van der Waals surface area (Å²) in [6, 6.07) is 8.35. The van der Waals surface area contributed by atoms with Crippen LogP contribution in [0.25, 0.3) is 11.3 Å². The highest BCUT2D eigenvalue weighted by Gasteiger charge is 2.38. The van der Waals surface area contributed by atoms with E-state index in [1.54, 1.807) is 6.07 Å². The van der Waals surface area contributed by atoms with E-state index in [1.165, 1.54) is 23.9 Å². The number of aromatic nitrogens is 2. The van der Waals surface area contributed by atoms with Crippen molar-refractivity contribution in [1.29, 1.82) is 5.26 Å². The maximum atomic E-state index is 12.9. The van der Waals surface area contributed by atoms with Gasteiger partial charge in [0.1, 0.15) is 11.1 Å². The van der Waals surface area contributed by atoms with Crippen molar-refractivity contribution in [3.8, 4) is 17.3 Å². The Kier molecular flexibility index (Phi) is 9.26. The molecule has 31 heavy (non-hydrogen) atoms. The van der Waals surface area contributed by atoms with Crippen molar-refractivity contribution in [2.24, 2.45) is 0 Å². The lowest BCUT2D eigenvalue weighted by Gasteiger charge is -2.10. The number of carboxylic acid groups (broad SMARTS) is 1. The van der Waals surface area contributed by atoms with Crippen molar-refractivity contribution < 1.29 is 36.2 Å². The predicted molar refractivity (Wildman–Crippen MR) is 100 cm³/mol. The summed E-state index contributed by atoms with van der Waals surface area (Å²) >= 11 is 1.43. The van der Waals surface area contributed by atoms with E-state index in [1.807, 2.05) is 25.1 Å². The van der Waals surface area contributed by atoms with Gasteiger partial charge < -0.3 is 10.0 Å². The van der Waals surface area contributed by atoms with Gasteiger partial charge in [-0.1, -0.05) is 12.1 Å². The van der Waals surface area contributed by atoms with E-state index >= 15 is 0 Å². The fraction of sp³-hybridized carbons (Fsp3) is 0.333. The van der Waals surface area contributed by atoms with Crippen LogP contribution in [0.2, 0.25) is 0 Å². The van der Waals surface area contributed by atoms with Gasteiger partial charge in [-0.15, -0.1) is 11.8 Å². The van der Waals surface area contributed by atoms with Gasteiger partial charge in [-0.2, -0.15) is 31.6 Å². The summed E-state index contributed by atoms with van der Waals surface area (Å²) in [5, 5.41) is 16.7. The van der Waals surface area contributed by atoms with Gasteiger partial charge in [-0.3, -0.25) is 0 Å². The predicted octanol–water partition coefficient (Wildman–Crippen LogP) is 4.32. The average molecular weight is 466 g/mol. The summed E-state index contributed by atoms with van der Waals surface area (Å²) in [6.45, 7) is 0.815. The number of aliphatic carboxylic acids is 1. The number of halogens is 6. The fourth-order valence-corrected chi connectivity index (χ4v) is 2.90. The molecule has 2 rings (SSSR count). The zero-order valence-corrected chi connectivity index (χ0v) is 16.9. The first-order valence-electron chi connectivity index (χ1n) is 8.28. The van der Waals surface area contributed by atoms with Crippen LogP contribution >= 0.6 is 11.8 Å². The third kappa shape index (κ3) is 9.22. The van der Waals surface area contributed by atoms with Gasteiger partial charge in [0.15, 0.2) is 0 Å². The van der Waals surface area contributed by atoms with Gasteiger partial charge in [0.25, 0.3) is 0 Å². The average Bonchev–Trinajstić information content (AvgIpc) is 2.66. The number of rotatable bonds is 5. The summed E-state index contributed by atoms with van der Waals surface area (Å²) < 4.78 is 70.3. The van der Waals surface area contributed by atoms with Gasteiger partial charge in [0.2, 0.25) is 5.82 Å². The molecule has 0 amide bonds. The maximum absolute atomic E-state index is 12.9. The largest absolute Gasteiger partial charge is 0.490 e. The second kappa shape index (κ2) is 11.0. The molecule has 1 aromatic heterocycles. The maximum Gasteiger partial charge on any atom is 0.490 e. The molecule has 0 saturated heterocycles. The molecular weight excluding hydrogens is 450 g/mol. The Balaban J connectivity index is 0.000000592.